The maximum absolute atomic E-state index is 15.1. The lowest BCUT2D eigenvalue weighted by molar-refractivity contribution is -0.870. The van der Waals surface area contributed by atoms with Crippen molar-refractivity contribution in [3.05, 3.63) is 89.5 Å². The van der Waals surface area contributed by atoms with Crippen molar-refractivity contribution in [2.75, 3.05) is 48.5 Å². The Morgan fingerprint density at radius 2 is 1.56 bits per heavy atom. The molecule has 0 amide bonds. The van der Waals surface area contributed by atoms with Crippen LogP contribution < -0.4 is 14.2 Å². The van der Waals surface area contributed by atoms with Gasteiger partial charge in [-0.3, -0.25) is 4.57 Å². The summed E-state index contributed by atoms with van der Waals surface area (Å²) in [5.41, 5.74) is 1.11. The van der Waals surface area contributed by atoms with Crippen LogP contribution in [0.2, 0.25) is 0 Å². The molecule has 1 N–H and O–H groups in total. The summed E-state index contributed by atoms with van der Waals surface area (Å²) in [6, 6.07) is 13.1. The van der Waals surface area contributed by atoms with Crippen LogP contribution in [0.3, 0.4) is 0 Å². The molecule has 4 aromatic rings. The number of rotatable bonds is 15. The topological polar surface area (TPSA) is 82.5 Å². The minimum Gasteiger partial charge on any atom is -0.493 e. The Kier molecular flexibility index (Phi) is 11.5. The number of methoxy groups -OCH3 is 2. The third-order valence-corrected chi connectivity index (χ3v) is 10.1. The summed E-state index contributed by atoms with van der Waals surface area (Å²) in [6.45, 7) is 0.878. The average molecular weight is 682 g/mol. The molecule has 0 aliphatic rings. The first kappa shape index (κ1) is 34.7. The van der Waals surface area contributed by atoms with Gasteiger partial charge in [-0.2, -0.15) is 0 Å². The van der Waals surface area contributed by atoms with Gasteiger partial charge >= 0.3 is 0 Å². The zero-order chi connectivity index (χ0) is 32.8. The molecular weight excluding hydrogens is 646 g/mol. The van der Waals surface area contributed by atoms with Gasteiger partial charge < -0.3 is 14.0 Å². The number of nitrogens with one attached hydrogen (secondary N) is 1. The summed E-state index contributed by atoms with van der Waals surface area (Å²) >= 11 is 2.59. The predicted octanol–water partition coefficient (Wildman–Crippen LogP) is 6.27. The van der Waals surface area contributed by atoms with Crippen LogP contribution in [0.15, 0.2) is 75.7 Å². The SMILES string of the molecule is COc1ccc(SCc2cnc(SCc3c(F)cc(S(=O)(=O)NCCC[N+](C)(C)C)cc3F)n2-c2ccc(F)cc2)cc1OC. The summed E-state index contributed by atoms with van der Waals surface area (Å²) in [5, 5.41) is 0.430. The summed E-state index contributed by atoms with van der Waals surface area (Å²) in [5.74, 6) is -0.849. The summed E-state index contributed by atoms with van der Waals surface area (Å²) in [4.78, 5) is 4.94. The van der Waals surface area contributed by atoms with E-state index in [0.29, 0.717) is 39.0 Å². The minimum absolute atomic E-state index is 0.150. The van der Waals surface area contributed by atoms with Crippen LogP contribution >= 0.6 is 23.5 Å². The number of thioether (sulfide) groups is 2. The highest BCUT2D eigenvalue weighted by molar-refractivity contribution is 7.98. The van der Waals surface area contributed by atoms with Crippen molar-refractivity contribution < 1.29 is 35.5 Å². The Hall–Kier alpha value is -3.17. The molecule has 0 spiro atoms. The van der Waals surface area contributed by atoms with Gasteiger partial charge in [-0.05, 0) is 54.6 Å². The maximum atomic E-state index is 15.1. The molecule has 14 heteroatoms. The highest BCUT2D eigenvalue weighted by Crippen LogP contribution is 2.35. The van der Waals surface area contributed by atoms with E-state index in [4.69, 9.17) is 9.47 Å². The van der Waals surface area contributed by atoms with E-state index < -0.39 is 32.4 Å². The lowest BCUT2D eigenvalue weighted by atomic mass is 10.2. The van der Waals surface area contributed by atoms with E-state index in [9.17, 15) is 12.8 Å². The Morgan fingerprint density at radius 3 is 2.18 bits per heavy atom. The first-order valence-electron chi connectivity index (χ1n) is 13.9. The summed E-state index contributed by atoms with van der Waals surface area (Å²) in [7, 11) is 4.99. The monoisotopic (exact) mass is 681 g/mol. The Balaban J connectivity index is 1.53. The number of quaternary nitrogens is 1. The molecule has 242 valence electrons. The van der Waals surface area contributed by atoms with Crippen molar-refractivity contribution in [1.29, 1.82) is 0 Å². The fourth-order valence-electron chi connectivity index (χ4n) is 4.35. The largest absolute Gasteiger partial charge is 0.493 e. The number of hydrogen-bond donors (Lipinski definition) is 1. The molecule has 0 fully saturated rings. The van der Waals surface area contributed by atoms with Crippen molar-refractivity contribution in [2.24, 2.45) is 0 Å². The molecular formula is C31H36F3N4O4S3+. The van der Waals surface area contributed by atoms with Crippen LogP contribution in [0.25, 0.3) is 5.69 Å². The molecule has 0 atom stereocenters. The van der Waals surface area contributed by atoms with E-state index in [0.717, 1.165) is 41.0 Å². The number of benzene rings is 3. The normalized spacial score (nSPS) is 12.0. The van der Waals surface area contributed by atoms with E-state index in [1.807, 2.05) is 39.3 Å². The van der Waals surface area contributed by atoms with Crippen molar-refractivity contribution >= 4 is 33.5 Å². The van der Waals surface area contributed by atoms with Gasteiger partial charge in [-0.15, -0.1) is 11.8 Å². The highest BCUT2D eigenvalue weighted by atomic mass is 32.2. The number of hydrogen-bond acceptors (Lipinski definition) is 7. The van der Waals surface area contributed by atoms with E-state index in [1.165, 1.54) is 23.9 Å². The minimum atomic E-state index is -4.10. The third kappa shape index (κ3) is 9.19. The van der Waals surface area contributed by atoms with E-state index in [2.05, 4.69) is 9.71 Å². The molecule has 0 aliphatic heterocycles. The van der Waals surface area contributed by atoms with Gasteiger partial charge in [0.25, 0.3) is 0 Å². The zero-order valence-electron chi connectivity index (χ0n) is 25.6. The Labute approximate surface area is 270 Å². The fraction of sp³-hybridized carbons (Fsp3) is 0.323. The number of imidazole rings is 1. The van der Waals surface area contributed by atoms with Crippen LogP contribution in [-0.2, 0) is 21.5 Å². The summed E-state index contributed by atoms with van der Waals surface area (Å²) in [6.07, 6.45) is 2.23. The number of aromatic nitrogens is 2. The summed E-state index contributed by atoms with van der Waals surface area (Å²) < 4.78 is 85.0. The molecule has 0 aliphatic carbocycles. The van der Waals surface area contributed by atoms with Gasteiger partial charge in [-0.1, -0.05) is 11.8 Å². The van der Waals surface area contributed by atoms with Crippen molar-refractivity contribution in [1.82, 2.24) is 14.3 Å². The van der Waals surface area contributed by atoms with Gasteiger partial charge in [-0.25, -0.2) is 31.3 Å². The van der Waals surface area contributed by atoms with E-state index >= 15 is 8.78 Å². The predicted molar refractivity (Wildman–Crippen MR) is 171 cm³/mol. The second-order valence-corrected chi connectivity index (χ2v) is 14.8. The molecule has 1 aromatic heterocycles. The zero-order valence-corrected chi connectivity index (χ0v) is 28.1. The molecule has 0 unspecified atom stereocenters. The van der Waals surface area contributed by atoms with Crippen molar-refractivity contribution in [3.8, 4) is 17.2 Å². The maximum Gasteiger partial charge on any atom is 0.240 e. The molecule has 8 nitrogen and oxygen atoms in total. The first-order chi connectivity index (χ1) is 21.3. The van der Waals surface area contributed by atoms with Gasteiger partial charge in [0.05, 0.1) is 58.7 Å². The fourth-order valence-corrected chi connectivity index (χ4v) is 7.35. The first-order valence-corrected chi connectivity index (χ1v) is 17.3. The lowest BCUT2D eigenvalue weighted by Gasteiger charge is -2.23. The lowest BCUT2D eigenvalue weighted by Crippen LogP contribution is -2.37. The van der Waals surface area contributed by atoms with Gasteiger partial charge in [0.2, 0.25) is 10.0 Å². The van der Waals surface area contributed by atoms with Gasteiger partial charge in [0.1, 0.15) is 17.5 Å². The standard InChI is InChI=1S/C31H36F3N4O4S3/c1-38(2,3)14-6-13-36-45(39,40)25-16-27(33)26(28(34)17-25)20-44-31-35-18-23(37(31)22-9-7-21(32)8-10-22)19-43-24-11-12-29(41-4)30(15-24)42-5/h7-12,15-18,36H,6,13-14,19-20H2,1-5H3/q+1. The smallest absolute Gasteiger partial charge is 0.240 e. The van der Waals surface area contributed by atoms with Crippen LogP contribution in [-0.4, -0.2) is 70.9 Å². The Bertz CT molecular complexity index is 1700. The van der Waals surface area contributed by atoms with Crippen LogP contribution in [0.5, 0.6) is 11.5 Å². The second kappa shape index (κ2) is 14.9. The quantitative estimate of drug-likeness (QED) is 0.0901. The third-order valence-electron chi connectivity index (χ3n) is 6.70. The van der Waals surface area contributed by atoms with Gasteiger partial charge in [0, 0.05) is 40.6 Å². The molecule has 4 rings (SSSR count). The second-order valence-electron chi connectivity index (χ2n) is 11.1. The van der Waals surface area contributed by atoms with Crippen LogP contribution in [0, 0.1) is 17.5 Å². The number of ether oxygens (including phenoxy) is 2. The molecule has 1 heterocycles. The molecule has 3 aromatic carbocycles. The number of sulfonamides is 1. The highest BCUT2D eigenvalue weighted by Gasteiger charge is 2.22. The molecule has 45 heavy (non-hydrogen) atoms. The van der Waals surface area contributed by atoms with Crippen molar-refractivity contribution in [2.45, 2.75) is 32.9 Å². The average Bonchev–Trinajstić information content (AvgIpc) is 3.40. The number of nitrogens with zero attached hydrogens (tertiary/aromatic N) is 3. The van der Waals surface area contributed by atoms with Crippen molar-refractivity contribution in [3.63, 3.8) is 0 Å². The molecule has 0 saturated carbocycles. The number of halogens is 3. The van der Waals surface area contributed by atoms with E-state index in [-0.39, 0.29) is 17.9 Å². The molecule has 0 radical (unpaired) electrons. The van der Waals surface area contributed by atoms with Crippen LogP contribution in [0.1, 0.15) is 17.7 Å². The van der Waals surface area contributed by atoms with Gasteiger partial charge in [0.15, 0.2) is 16.7 Å². The Morgan fingerprint density at radius 1 is 0.889 bits per heavy atom. The van der Waals surface area contributed by atoms with E-state index in [1.54, 1.807) is 37.1 Å². The molecule has 0 bridgehead atoms. The molecule has 0 saturated heterocycles. The van der Waals surface area contributed by atoms with Crippen LogP contribution in [0.4, 0.5) is 13.2 Å².